The van der Waals surface area contributed by atoms with E-state index in [0.29, 0.717) is 5.75 Å². The van der Waals surface area contributed by atoms with Crippen molar-refractivity contribution in [1.82, 2.24) is 4.78 Å². The fourth-order valence-electron chi connectivity index (χ4n) is 2.55. The number of hydrogen-bond acceptors (Lipinski definition) is 10. The van der Waals surface area contributed by atoms with Gasteiger partial charge in [0.1, 0.15) is 5.75 Å². The second-order valence-electron chi connectivity index (χ2n) is 6.29. The lowest BCUT2D eigenvalue weighted by Crippen LogP contribution is -2.20. The maximum Gasteiger partial charge on any atom is 0.540 e. The molecule has 0 radical (unpaired) electrons. The molecule has 0 aliphatic heterocycles. The molecule has 0 heterocycles. The number of anilines is 1. The molecule has 2 rings (SSSR count). The molecule has 0 fully saturated rings. The Morgan fingerprint density at radius 2 is 1.29 bits per heavy atom. The fourth-order valence-corrected chi connectivity index (χ4v) is 7.19. The normalized spacial score (nSPS) is 12.5. The maximum absolute atomic E-state index is 13.1. The maximum atomic E-state index is 13.1. The molecule has 2 aromatic carbocycles. The van der Waals surface area contributed by atoms with E-state index in [-0.39, 0.29) is 5.69 Å². The van der Waals surface area contributed by atoms with E-state index in [0.717, 1.165) is 44.2 Å². The quantitative estimate of drug-likeness (QED) is 0.181. The minimum absolute atomic E-state index is 0.200. The molecule has 34 heavy (non-hydrogen) atoms. The molecule has 0 spiro atoms. The fraction of sp³-hybridized carbons (Fsp3) is 0.316. The Labute approximate surface area is 205 Å². The SMILES string of the molecule is COc1ccc(/C=N\N(C)[P+](=S)Oc2ccc(N(P(=O)(OC)OC)P(=O)(OC)OC)cc2)cc1. The zero-order valence-corrected chi connectivity index (χ0v) is 23.1. The standard InChI is InChI=1S/C19H27N3O8P3S/c1-21(20-15-16-7-11-18(25-2)12-8-16)31(34)30-19-13-9-17(10-14-19)22(32(23,26-3)27-4)33(24,28-5)29-6/h7-15H,1-6H3/q+1/b20-15-. The van der Waals surface area contributed by atoms with Crippen molar-refractivity contribution in [2.75, 3.05) is 47.0 Å². The second kappa shape index (κ2) is 12.7. The predicted octanol–water partition coefficient (Wildman–Crippen LogP) is 5.42. The Morgan fingerprint density at radius 1 is 0.824 bits per heavy atom. The van der Waals surface area contributed by atoms with Crippen LogP contribution < -0.4 is 13.7 Å². The van der Waals surface area contributed by atoms with Crippen molar-refractivity contribution in [2.45, 2.75) is 0 Å². The highest BCUT2D eigenvalue weighted by molar-refractivity contribution is 8.02. The molecule has 0 aliphatic rings. The van der Waals surface area contributed by atoms with Gasteiger partial charge >= 0.3 is 22.6 Å². The molecule has 15 heteroatoms. The molecule has 1 atom stereocenters. The van der Waals surface area contributed by atoms with Crippen molar-refractivity contribution in [3.63, 3.8) is 0 Å². The average Bonchev–Trinajstić information content (AvgIpc) is 2.88. The topological polar surface area (TPSA) is 108 Å². The van der Waals surface area contributed by atoms with Gasteiger partial charge in [0.2, 0.25) is 11.8 Å². The predicted molar refractivity (Wildman–Crippen MR) is 135 cm³/mol. The molecular formula is C19H27N3O8P3S+. The molecule has 0 amide bonds. The Morgan fingerprint density at radius 3 is 1.74 bits per heavy atom. The van der Waals surface area contributed by atoms with E-state index in [9.17, 15) is 9.13 Å². The van der Waals surface area contributed by atoms with E-state index in [1.807, 2.05) is 24.3 Å². The summed E-state index contributed by atoms with van der Waals surface area (Å²) in [6, 6.07) is 13.5. The van der Waals surface area contributed by atoms with Gasteiger partial charge in [-0.25, -0.2) is 9.13 Å². The van der Waals surface area contributed by atoms with Crippen LogP contribution in [0, 0.1) is 0 Å². The average molecular weight is 550 g/mol. The van der Waals surface area contributed by atoms with Crippen LogP contribution in [0.25, 0.3) is 0 Å². The molecule has 0 bridgehead atoms. The van der Waals surface area contributed by atoms with Crippen LogP contribution in [0.5, 0.6) is 11.5 Å². The molecule has 0 N–H and O–H groups in total. The number of hydrogen-bond donors (Lipinski definition) is 0. The van der Waals surface area contributed by atoms with E-state index in [1.54, 1.807) is 32.5 Å². The second-order valence-corrected chi connectivity index (χ2v) is 12.9. The Balaban J connectivity index is 2.18. The summed E-state index contributed by atoms with van der Waals surface area (Å²) in [5.74, 6) is 1.17. The van der Waals surface area contributed by atoms with Gasteiger partial charge in [-0.2, -0.15) is 4.44 Å². The molecule has 2 aromatic rings. The first-order chi connectivity index (χ1) is 16.2. The number of hydrazone groups is 1. The number of benzene rings is 2. The summed E-state index contributed by atoms with van der Waals surface area (Å²) in [6.07, 6.45) is 1.66. The van der Waals surface area contributed by atoms with Crippen molar-refractivity contribution in [2.24, 2.45) is 5.10 Å². The minimum atomic E-state index is -4.04. The lowest BCUT2D eigenvalue weighted by Gasteiger charge is -2.33. The van der Waals surface area contributed by atoms with Gasteiger partial charge in [-0.05, 0) is 54.1 Å². The van der Waals surface area contributed by atoms with Gasteiger partial charge in [0.15, 0.2) is 5.75 Å². The lowest BCUT2D eigenvalue weighted by molar-refractivity contribution is 0.255. The van der Waals surface area contributed by atoms with Crippen LogP contribution in [0.15, 0.2) is 53.6 Å². The monoisotopic (exact) mass is 550 g/mol. The Hall–Kier alpha value is -1.87. The molecule has 0 aliphatic carbocycles. The smallest absolute Gasteiger partial charge is 0.497 e. The third-order valence-corrected chi connectivity index (χ3v) is 10.8. The summed E-state index contributed by atoms with van der Waals surface area (Å²) >= 11 is 5.43. The van der Waals surface area contributed by atoms with Crippen molar-refractivity contribution >= 4 is 46.3 Å². The van der Waals surface area contributed by atoms with Gasteiger partial charge in [-0.1, -0.05) is 4.78 Å². The third kappa shape index (κ3) is 6.84. The van der Waals surface area contributed by atoms with Gasteiger partial charge in [0.25, 0.3) is 0 Å². The van der Waals surface area contributed by atoms with E-state index in [2.05, 4.69) is 5.10 Å². The highest BCUT2D eigenvalue weighted by Crippen LogP contribution is 2.69. The third-order valence-electron chi connectivity index (χ3n) is 4.36. The zero-order valence-electron chi connectivity index (χ0n) is 19.6. The molecular weight excluding hydrogens is 523 g/mol. The van der Waals surface area contributed by atoms with Crippen molar-refractivity contribution in [3.8, 4) is 11.5 Å². The minimum Gasteiger partial charge on any atom is -0.497 e. The Bertz CT molecular complexity index is 1040. The number of rotatable bonds is 13. The van der Waals surface area contributed by atoms with Gasteiger partial charge in [0, 0.05) is 28.4 Å². The lowest BCUT2D eigenvalue weighted by atomic mass is 10.2. The summed E-state index contributed by atoms with van der Waals surface area (Å²) in [7, 11) is -1.66. The highest BCUT2D eigenvalue weighted by Gasteiger charge is 2.46. The van der Waals surface area contributed by atoms with Crippen LogP contribution in [-0.2, 0) is 39.0 Å². The molecule has 0 saturated heterocycles. The summed E-state index contributed by atoms with van der Waals surface area (Å²) in [4.78, 5) is 0. The molecule has 0 saturated carbocycles. The van der Waals surface area contributed by atoms with Gasteiger partial charge in [0.05, 0.1) is 26.1 Å². The first-order valence-corrected chi connectivity index (χ1v) is 14.8. The van der Waals surface area contributed by atoms with Crippen LogP contribution in [0.3, 0.4) is 0 Å². The summed E-state index contributed by atoms with van der Waals surface area (Å²) in [5.41, 5.74) is 1.07. The van der Waals surface area contributed by atoms with Crippen LogP contribution in [0.4, 0.5) is 5.69 Å². The molecule has 11 nitrogen and oxygen atoms in total. The van der Waals surface area contributed by atoms with Crippen LogP contribution in [-0.4, -0.2) is 53.6 Å². The van der Waals surface area contributed by atoms with Gasteiger partial charge in [-0.15, -0.1) is 5.10 Å². The first kappa shape index (κ1) is 28.4. The van der Waals surface area contributed by atoms with Crippen molar-refractivity contribution < 1.29 is 36.5 Å². The van der Waals surface area contributed by atoms with E-state index in [1.165, 1.54) is 16.9 Å². The van der Waals surface area contributed by atoms with Crippen LogP contribution in [0.2, 0.25) is 0 Å². The number of ether oxygens (including phenoxy) is 1. The van der Waals surface area contributed by atoms with Crippen LogP contribution >= 0.6 is 22.6 Å². The van der Waals surface area contributed by atoms with Gasteiger partial charge < -0.3 is 4.74 Å². The first-order valence-electron chi connectivity index (χ1n) is 9.57. The Kier molecular flexibility index (Phi) is 10.6. The van der Waals surface area contributed by atoms with Gasteiger partial charge in [-0.3, -0.25) is 22.6 Å². The zero-order chi connectivity index (χ0) is 25.4. The summed E-state index contributed by atoms with van der Waals surface area (Å²) < 4.78 is 59.5. The molecule has 0 aromatic heterocycles. The number of methoxy groups -OCH3 is 1. The highest BCUT2D eigenvalue weighted by atomic mass is 32.4. The van der Waals surface area contributed by atoms with E-state index < -0.39 is 22.6 Å². The largest absolute Gasteiger partial charge is 0.540 e. The van der Waals surface area contributed by atoms with E-state index >= 15 is 0 Å². The van der Waals surface area contributed by atoms with Crippen molar-refractivity contribution in [1.29, 1.82) is 0 Å². The summed E-state index contributed by atoms with van der Waals surface area (Å²) in [5, 5.41) is 4.32. The van der Waals surface area contributed by atoms with E-state index in [4.69, 9.17) is 39.2 Å². The van der Waals surface area contributed by atoms with Crippen molar-refractivity contribution in [3.05, 3.63) is 54.1 Å². The number of nitrogens with zero attached hydrogens (tertiary/aromatic N) is 3. The molecule has 186 valence electrons. The molecule has 1 unspecified atom stereocenters. The summed E-state index contributed by atoms with van der Waals surface area (Å²) in [6.45, 7) is 0. The van der Waals surface area contributed by atoms with Crippen LogP contribution in [0.1, 0.15) is 5.56 Å².